The van der Waals surface area contributed by atoms with Gasteiger partial charge in [-0.3, -0.25) is 0 Å². The Morgan fingerprint density at radius 3 is 2.46 bits per heavy atom. The first-order chi connectivity index (χ1) is 16.8. The summed E-state index contributed by atoms with van der Waals surface area (Å²) >= 11 is 5.80. The normalized spacial score (nSPS) is 15.9. The molecule has 182 valence electrons. The SMILES string of the molecule is COc1cccc2c1c(OC)cc1c3c(ccc12)C(CCc1ccc(Cl)c(C(F)(F)F)c1)CCC3. The summed E-state index contributed by atoms with van der Waals surface area (Å²) in [4.78, 5) is 0. The van der Waals surface area contributed by atoms with Gasteiger partial charge < -0.3 is 9.47 Å². The summed E-state index contributed by atoms with van der Waals surface area (Å²) < 4.78 is 51.2. The van der Waals surface area contributed by atoms with Crippen LogP contribution in [0.4, 0.5) is 13.2 Å². The fraction of sp³-hybridized carbons (Fsp3) is 0.310. The van der Waals surface area contributed by atoms with E-state index in [1.54, 1.807) is 20.3 Å². The highest BCUT2D eigenvalue weighted by atomic mass is 35.5. The van der Waals surface area contributed by atoms with Crippen LogP contribution in [0.15, 0.2) is 54.6 Å². The smallest absolute Gasteiger partial charge is 0.417 e. The van der Waals surface area contributed by atoms with Crippen LogP contribution in [0.2, 0.25) is 5.02 Å². The molecule has 0 heterocycles. The van der Waals surface area contributed by atoms with E-state index in [0.29, 0.717) is 17.9 Å². The minimum Gasteiger partial charge on any atom is -0.496 e. The second-order valence-corrected chi connectivity index (χ2v) is 9.54. The second kappa shape index (κ2) is 9.27. The molecule has 0 saturated heterocycles. The van der Waals surface area contributed by atoms with Gasteiger partial charge in [0.2, 0.25) is 0 Å². The highest BCUT2D eigenvalue weighted by Crippen LogP contribution is 2.44. The molecule has 0 aliphatic heterocycles. The van der Waals surface area contributed by atoms with Crippen molar-refractivity contribution < 1.29 is 22.6 Å². The fourth-order valence-electron chi connectivity index (χ4n) is 5.55. The summed E-state index contributed by atoms with van der Waals surface area (Å²) in [5.41, 5.74) is 2.50. The van der Waals surface area contributed by atoms with Crippen molar-refractivity contribution in [3.8, 4) is 11.5 Å². The maximum Gasteiger partial charge on any atom is 0.417 e. The van der Waals surface area contributed by atoms with Gasteiger partial charge in [0.05, 0.1) is 30.2 Å². The summed E-state index contributed by atoms with van der Waals surface area (Å²) in [6, 6.07) is 16.7. The standard InChI is InChI=1S/C29H26ClF3O2/c1-34-26-8-4-7-22-21-13-12-19-18(5-3-6-20(19)23(21)16-27(35-2)28(22)26)11-9-17-10-14-25(30)24(15-17)29(31,32)33/h4,7-8,10,12-16,18H,3,5-6,9,11H2,1-2H3. The van der Waals surface area contributed by atoms with E-state index < -0.39 is 11.7 Å². The van der Waals surface area contributed by atoms with Crippen LogP contribution in [0.1, 0.15) is 47.4 Å². The van der Waals surface area contributed by atoms with Gasteiger partial charge in [-0.1, -0.05) is 41.9 Å². The van der Waals surface area contributed by atoms with Gasteiger partial charge in [0, 0.05) is 0 Å². The van der Waals surface area contributed by atoms with Crippen LogP contribution in [0.25, 0.3) is 21.5 Å². The largest absolute Gasteiger partial charge is 0.496 e. The molecule has 0 fully saturated rings. The van der Waals surface area contributed by atoms with Crippen molar-refractivity contribution in [2.75, 3.05) is 14.2 Å². The summed E-state index contributed by atoms with van der Waals surface area (Å²) in [5, 5.41) is 4.13. The third-order valence-corrected chi connectivity index (χ3v) is 7.54. The van der Waals surface area contributed by atoms with E-state index in [-0.39, 0.29) is 5.02 Å². The van der Waals surface area contributed by atoms with E-state index in [1.807, 2.05) is 12.1 Å². The maximum atomic E-state index is 13.3. The predicted molar refractivity (Wildman–Crippen MR) is 135 cm³/mol. The van der Waals surface area contributed by atoms with Crippen LogP contribution in [0.5, 0.6) is 11.5 Å². The van der Waals surface area contributed by atoms with E-state index in [4.69, 9.17) is 21.1 Å². The van der Waals surface area contributed by atoms with Crippen molar-refractivity contribution in [2.24, 2.45) is 0 Å². The third-order valence-electron chi connectivity index (χ3n) is 7.21. The van der Waals surface area contributed by atoms with Crippen LogP contribution in [-0.4, -0.2) is 14.2 Å². The quantitative estimate of drug-likeness (QED) is 0.256. The van der Waals surface area contributed by atoms with Crippen molar-refractivity contribution in [1.29, 1.82) is 0 Å². The number of ether oxygens (including phenoxy) is 2. The molecule has 5 rings (SSSR count). The molecule has 1 unspecified atom stereocenters. The topological polar surface area (TPSA) is 18.5 Å². The molecule has 1 aliphatic rings. The van der Waals surface area contributed by atoms with Crippen molar-refractivity contribution in [2.45, 2.75) is 44.2 Å². The first kappa shape index (κ1) is 23.8. The van der Waals surface area contributed by atoms with Crippen molar-refractivity contribution in [3.05, 3.63) is 81.9 Å². The van der Waals surface area contributed by atoms with Gasteiger partial charge in [-0.25, -0.2) is 0 Å². The Bertz CT molecular complexity index is 1410. The molecular weight excluding hydrogens is 473 g/mol. The van der Waals surface area contributed by atoms with Crippen molar-refractivity contribution >= 4 is 33.1 Å². The molecule has 35 heavy (non-hydrogen) atoms. The Kier molecular flexibility index (Phi) is 6.30. The van der Waals surface area contributed by atoms with Crippen molar-refractivity contribution in [1.82, 2.24) is 0 Å². The van der Waals surface area contributed by atoms with Crippen LogP contribution < -0.4 is 9.47 Å². The minimum absolute atomic E-state index is 0.256. The van der Waals surface area contributed by atoms with Gasteiger partial charge in [-0.05, 0) is 95.1 Å². The zero-order valence-corrected chi connectivity index (χ0v) is 20.4. The van der Waals surface area contributed by atoms with E-state index >= 15 is 0 Å². The lowest BCUT2D eigenvalue weighted by molar-refractivity contribution is -0.137. The number of hydrogen-bond acceptors (Lipinski definition) is 2. The second-order valence-electron chi connectivity index (χ2n) is 9.13. The zero-order valence-electron chi connectivity index (χ0n) is 19.6. The monoisotopic (exact) mass is 498 g/mol. The molecule has 1 aliphatic carbocycles. The molecule has 6 heteroatoms. The third kappa shape index (κ3) is 4.31. The van der Waals surface area contributed by atoms with E-state index in [1.165, 1.54) is 28.6 Å². The molecule has 4 aromatic carbocycles. The average molecular weight is 499 g/mol. The number of aryl methyl sites for hydroxylation is 2. The number of benzene rings is 4. The van der Waals surface area contributed by atoms with Gasteiger partial charge in [0.15, 0.2) is 0 Å². The Balaban J connectivity index is 1.52. The number of methoxy groups -OCH3 is 2. The molecule has 0 bridgehead atoms. The lowest BCUT2D eigenvalue weighted by Crippen LogP contribution is -2.12. The van der Waals surface area contributed by atoms with Crippen molar-refractivity contribution in [3.63, 3.8) is 0 Å². The molecule has 0 amide bonds. The summed E-state index contributed by atoms with van der Waals surface area (Å²) in [5.74, 6) is 1.85. The van der Waals surface area contributed by atoms with Gasteiger partial charge in [-0.15, -0.1) is 0 Å². The Morgan fingerprint density at radius 1 is 0.914 bits per heavy atom. The summed E-state index contributed by atoms with van der Waals surface area (Å²) in [7, 11) is 3.33. The molecule has 1 atom stereocenters. The van der Waals surface area contributed by atoms with Gasteiger partial charge in [0.1, 0.15) is 11.5 Å². The number of hydrogen-bond donors (Lipinski definition) is 0. The van der Waals surface area contributed by atoms with Gasteiger partial charge in [0.25, 0.3) is 0 Å². The molecule has 2 nitrogen and oxygen atoms in total. The number of alkyl halides is 3. The predicted octanol–water partition coefficient (Wildman–Crippen LogP) is 8.74. The van der Waals surface area contributed by atoms with E-state index in [0.717, 1.165) is 53.3 Å². The first-order valence-electron chi connectivity index (χ1n) is 11.8. The van der Waals surface area contributed by atoms with E-state index in [2.05, 4.69) is 24.3 Å². The van der Waals surface area contributed by atoms with E-state index in [9.17, 15) is 13.2 Å². The molecule has 0 N–H and O–H groups in total. The lowest BCUT2D eigenvalue weighted by Gasteiger charge is -2.28. The van der Waals surface area contributed by atoms with Crippen LogP contribution in [-0.2, 0) is 19.0 Å². The van der Waals surface area contributed by atoms with Gasteiger partial charge in [-0.2, -0.15) is 13.2 Å². The lowest BCUT2D eigenvalue weighted by atomic mass is 9.77. The van der Waals surface area contributed by atoms with Crippen LogP contribution in [0.3, 0.4) is 0 Å². The summed E-state index contributed by atoms with van der Waals surface area (Å²) in [6.45, 7) is 0. The molecule has 4 aromatic rings. The van der Waals surface area contributed by atoms with Crippen LogP contribution >= 0.6 is 11.6 Å². The Hall–Kier alpha value is -2.92. The highest BCUT2D eigenvalue weighted by molar-refractivity contribution is 6.31. The average Bonchev–Trinajstić information content (AvgIpc) is 2.86. The molecule has 0 spiro atoms. The molecule has 0 radical (unpaired) electrons. The molecular formula is C29H26ClF3O2. The fourth-order valence-corrected chi connectivity index (χ4v) is 5.78. The number of rotatable bonds is 5. The molecule has 0 saturated carbocycles. The zero-order chi connectivity index (χ0) is 24.7. The number of fused-ring (bicyclic) bond motifs is 5. The summed E-state index contributed by atoms with van der Waals surface area (Å²) in [6.07, 6.45) is -0.0496. The number of halogens is 4. The molecule has 0 aromatic heterocycles. The maximum absolute atomic E-state index is 13.3. The first-order valence-corrected chi connectivity index (χ1v) is 12.1. The Labute approximate surface area is 207 Å². The van der Waals surface area contributed by atoms with Crippen LogP contribution in [0, 0.1) is 0 Å². The highest BCUT2D eigenvalue weighted by Gasteiger charge is 2.33. The Morgan fingerprint density at radius 2 is 1.71 bits per heavy atom. The minimum atomic E-state index is -4.45. The van der Waals surface area contributed by atoms with Gasteiger partial charge >= 0.3 is 6.18 Å².